The number of benzene rings is 1. The molecule has 3 atom stereocenters. The largest absolute Gasteiger partial charge is 0.493 e. The molecule has 220 valence electrons. The molecule has 1 saturated carbocycles. The number of nitrogens with one attached hydrogen (secondary N) is 1. The second-order valence-corrected chi connectivity index (χ2v) is 14.0. The Morgan fingerprint density at radius 2 is 1.79 bits per heavy atom. The van der Waals surface area contributed by atoms with Crippen molar-refractivity contribution in [3.63, 3.8) is 0 Å². The minimum Gasteiger partial charge on any atom is -0.493 e. The molecule has 38 heavy (non-hydrogen) atoms. The van der Waals surface area contributed by atoms with Crippen LogP contribution in [0, 0.1) is 17.8 Å². The van der Waals surface area contributed by atoms with Gasteiger partial charge in [-0.3, -0.25) is 0 Å². The second-order valence-electron chi connectivity index (χ2n) is 11.6. The Morgan fingerprint density at radius 3 is 2.39 bits per heavy atom. The average molecular weight is 557 g/mol. The van der Waals surface area contributed by atoms with Crippen molar-refractivity contribution < 1.29 is 27.7 Å². The number of rotatable bonds is 17. The normalized spacial score (nSPS) is 17.8. The molecule has 0 saturated heterocycles. The highest BCUT2D eigenvalue weighted by molar-refractivity contribution is 7.90. The van der Waals surface area contributed by atoms with Crippen LogP contribution < -0.4 is 19.9 Å². The fraction of sp³-hybridized carbons (Fsp3) is 0.793. The van der Waals surface area contributed by atoms with Crippen molar-refractivity contribution >= 4 is 10.0 Å². The van der Waals surface area contributed by atoms with E-state index in [0.717, 1.165) is 44.1 Å². The van der Waals surface area contributed by atoms with Gasteiger partial charge in [0.15, 0.2) is 11.5 Å². The van der Waals surface area contributed by atoms with Crippen LogP contribution in [0.2, 0.25) is 0 Å². The van der Waals surface area contributed by atoms with Crippen LogP contribution in [0.1, 0.15) is 78.2 Å². The summed E-state index contributed by atoms with van der Waals surface area (Å²) in [6, 6.07) is 5.39. The summed E-state index contributed by atoms with van der Waals surface area (Å²) in [5.74, 6) is 2.03. The fourth-order valence-electron chi connectivity index (χ4n) is 5.30. The highest BCUT2D eigenvalue weighted by Crippen LogP contribution is 2.37. The summed E-state index contributed by atoms with van der Waals surface area (Å²) in [5.41, 5.74) is 7.52. The van der Waals surface area contributed by atoms with E-state index >= 15 is 0 Å². The highest BCUT2D eigenvalue weighted by Gasteiger charge is 2.42. The Morgan fingerprint density at radius 1 is 1.11 bits per heavy atom. The zero-order chi connectivity index (χ0) is 28.3. The van der Waals surface area contributed by atoms with Crippen molar-refractivity contribution in [3.05, 3.63) is 23.8 Å². The van der Waals surface area contributed by atoms with E-state index in [1.165, 1.54) is 6.42 Å². The minimum atomic E-state index is -3.60. The molecule has 0 aromatic heterocycles. The predicted octanol–water partition coefficient (Wildman–Crippen LogP) is 4.28. The van der Waals surface area contributed by atoms with Gasteiger partial charge in [0.1, 0.15) is 0 Å². The molecule has 1 fully saturated rings. The second kappa shape index (κ2) is 15.4. The van der Waals surface area contributed by atoms with Crippen molar-refractivity contribution in [2.24, 2.45) is 23.5 Å². The van der Waals surface area contributed by atoms with Gasteiger partial charge in [-0.25, -0.2) is 13.1 Å². The summed E-state index contributed by atoms with van der Waals surface area (Å²) < 4.78 is 44.6. The van der Waals surface area contributed by atoms with Crippen LogP contribution in [0.4, 0.5) is 0 Å². The first kappa shape index (κ1) is 32.8. The van der Waals surface area contributed by atoms with E-state index in [4.69, 9.17) is 19.9 Å². The highest BCUT2D eigenvalue weighted by atomic mass is 32.2. The third kappa shape index (κ3) is 9.37. The number of nitrogens with two attached hydrogens (primary N) is 1. The number of hydrogen-bond acceptors (Lipinski definition) is 7. The van der Waals surface area contributed by atoms with E-state index in [-0.39, 0.29) is 18.4 Å². The van der Waals surface area contributed by atoms with E-state index in [9.17, 15) is 13.5 Å². The van der Waals surface area contributed by atoms with Gasteiger partial charge in [-0.1, -0.05) is 39.2 Å². The van der Waals surface area contributed by atoms with Crippen LogP contribution in [-0.4, -0.2) is 64.4 Å². The van der Waals surface area contributed by atoms with Crippen LogP contribution >= 0.6 is 0 Å². The molecule has 0 aliphatic heterocycles. The summed E-state index contributed by atoms with van der Waals surface area (Å²) in [4.78, 5) is 0. The summed E-state index contributed by atoms with van der Waals surface area (Å²) in [7, 11) is -0.311. The molecule has 0 radical (unpaired) electrons. The molecule has 0 amide bonds. The van der Waals surface area contributed by atoms with Gasteiger partial charge in [-0.05, 0) is 75.0 Å². The lowest BCUT2D eigenvalue weighted by atomic mass is 9.81. The number of methoxy groups -OCH3 is 2. The van der Waals surface area contributed by atoms with Crippen molar-refractivity contribution in [1.82, 2.24) is 4.72 Å². The molecule has 8 nitrogen and oxygen atoms in total. The molecule has 1 aliphatic rings. The third-order valence-corrected chi connectivity index (χ3v) is 10.5. The van der Waals surface area contributed by atoms with Crippen molar-refractivity contribution in [2.45, 2.75) is 96.0 Å². The van der Waals surface area contributed by atoms with Crippen LogP contribution in [0.5, 0.6) is 11.5 Å². The van der Waals surface area contributed by atoms with Gasteiger partial charge in [0.2, 0.25) is 10.0 Å². The van der Waals surface area contributed by atoms with Crippen LogP contribution in [0.15, 0.2) is 18.2 Å². The van der Waals surface area contributed by atoms with Crippen LogP contribution in [0.25, 0.3) is 0 Å². The number of sulfonamides is 1. The first-order valence-corrected chi connectivity index (χ1v) is 15.6. The molecule has 2 rings (SSSR count). The van der Waals surface area contributed by atoms with Gasteiger partial charge in [-0.2, -0.15) is 0 Å². The first-order valence-electron chi connectivity index (χ1n) is 14.1. The summed E-state index contributed by atoms with van der Waals surface area (Å²) in [6.07, 6.45) is 6.32. The van der Waals surface area contributed by atoms with Gasteiger partial charge >= 0.3 is 0 Å². The molecule has 0 unspecified atom stereocenters. The average Bonchev–Trinajstić information content (AvgIpc) is 2.89. The van der Waals surface area contributed by atoms with E-state index in [1.54, 1.807) is 28.1 Å². The van der Waals surface area contributed by atoms with Crippen LogP contribution in [-0.2, 0) is 21.2 Å². The Hall–Kier alpha value is -1.39. The minimum absolute atomic E-state index is 0.0769. The zero-order valence-corrected chi connectivity index (χ0v) is 25.2. The van der Waals surface area contributed by atoms with Crippen molar-refractivity contribution in [3.8, 4) is 11.5 Å². The van der Waals surface area contributed by atoms with Gasteiger partial charge < -0.3 is 25.1 Å². The maximum Gasteiger partial charge on any atom is 0.217 e. The smallest absolute Gasteiger partial charge is 0.217 e. The van der Waals surface area contributed by atoms with E-state index in [2.05, 4.69) is 18.6 Å². The SMILES string of the molecule is COCCCOc1cc(C[C@@H](C[C@H](N)[C@@H](O)CNS(=O)(=O)C(C)(C)C2CCCCC2)C(C)C)ccc1OC. The van der Waals surface area contributed by atoms with E-state index < -0.39 is 26.9 Å². The fourth-order valence-corrected chi connectivity index (χ4v) is 6.73. The number of aliphatic hydroxyl groups is 1. The van der Waals surface area contributed by atoms with Gasteiger partial charge in [0.25, 0.3) is 0 Å². The maximum absolute atomic E-state index is 13.2. The molecule has 9 heteroatoms. The Balaban J connectivity index is 1.99. The molecule has 0 spiro atoms. The van der Waals surface area contributed by atoms with Gasteiger partial charge in [0, 0.05) is 32.7 Å². The lowest BCUT2D eigenvalue weighted by Gasteiger charge is -2.36. The molecule has 4 N–H and O–H groups in total. The van der Waals surface area contributed by atoms with Crippen molar-refractivity contribution in [2.75, 3.05) is 34.0 Å². The number of hydrogen-bond donors (Lipinski definition) is 3. The van der Waals surface area contributed by atoms with E-state index in [1.807, 2.05) is 18.2 Å². The van der Waals surface area contributed by atoms with Gasteiger partial charge in [-0.15, -0.1) is 0 Å². The Bertz CT molecular complexity index is 931. The molecule has 1 aromatic carbocycles. The predicted molar refractivity (Wildman–Crippen MR) is 153 cm³/mol. The lowest BCUT2D eigenvalue weighted by Crippen LogP contribution is -2.51. The van der Waals surface area contributed by atoms with Gasteiger partial charge in [0.05, 0.1) is 24.6 Å². The summed E-state index contributed by atoms with van der Waals surface area (Å²) in [5, 5.41) is 10.8. The zero-order valence-electron chi connectivity index (χ0n) is 24.4. The Kier molecular flexibility index (Phi) is 13.3. The molecule has 0 bridgehead atoms. The number of ether oxygens (including phenoxy) is 3. The first-order chi connectivity index (χ1) is 17.9. The number of aliphatic hydroxyl groups excluding tert-OH is 1. The quantitative estimate of drug-likeness (QED) is 0.245. The van der Waals surface area contributed by atoms with E-state index in [0.29, 0.717) is 37.1 Å². The lowest BCUT2D eigenvalue weighted by molar-refractivity contribution is 0.129. The van der Waals surface area contributed by atoms with Crippen LogP contribution in [0.3, 0.4) is 0 Å². The summed E-state index contributed by atoms with van der Waals surface area (Å²) in [6.45, 7) is 8.98. The Labute approximate surface area is 231 Å². The standard InChI is InChI=1S/C29H52N2O6S/c1-21(2)23(17-22-13-14-27(36-6)28(18-22)37-16-10-15-35-5)19-25(30)26(32)20-31-38(33,34)29(3,4)24-11-8-7-9-12-24/h13-14,18,21,23-26,31-32H,7-12,15-17,19-20,30H2,1-6H3/t23-,25-,26-/m0/s1. The monoisotopic (exact) mass is 556 g/mol. The molecule has 0 heterocycles. The summed E-state index contributed by atoms with van der Waals surface area (Å²) >= 11 is 0. The topological polar surface area (TPSA) is 120 Å². The maximum atomic E-state index is 13.2. The molecule has 1 aliphatic carbocycles. The molecule has 1 aromatic rings. The molecular weight excluding hydrogens is 504 g/mol. The van der Waals surface area contributed by atoms with Crippen molar-refractivity contribution in [1.29, 1.82) is 0 Å². The third-order valence-electron chi connectivity index (χ3n) is 8.25. The molecular formula is C29H52N2O6S.